The lowest BCUT2D eigenvalue weighted by molar-refractivity contribution is 0.617. The van der Waals surface area contributed by atoms with Crippen LogP contribution in [-0.4, -0.2) is 0 Å². The van der Waals surface area contributed by atoms with Crippen LogP contribution < -0.4 is 0 Å². The maximum absolute atomic E-state index is 13.2. The summed E-state index contributed by atoms with van der Waals surface area (Å²) in [6.45, 7) is 5.89. The van der Waals surface area contributed by atoms with E-state index in [4.69, 9.17) is 11.6 Å². The van der Waals surface area contributed by atoms with E-state index in [-0.39, 0.29) is 11.2 Å². The molecule has 0 aliphatic heterocycles. The van der Waals surface area contributed by atoms with E-state index in [0.29, 0.717) is 5.56 Å². The summed E-state index contributed by atoms with van der Waals surface area (Å²) in [5.41, 5.74) is 5.07. The maximum atomic E-state index is 13.2. The first kappa shape index (κ1) is 13.1. The van der Waals surface area contributed by atoms with Gasteiger partial charge in [-0.1, -0.05) is 30.3 Å². The Labute approximate surface area is 112 Å². The molecular weight excluding hydrogens is 247 g/mol. The van der Waals surface area contributed by atoms with Crippen LogP contribution in [0.3, 0.4) is 0 Å². The number of halogens is 2. The van der Waals surface area contributed by atoms with Crippen molar-refractivity contribution in [2.24, 2.45) is 0 Å². The molecule has 0 aromatic heterocycles. The summed E-state index contributed by atoms with van der Waals surface area (Å²) < 4.78 is 13.2. The summed E-state index contributed by atoms with van der Waals surface area (Å²) in [5.74, 6) is -0.192. The van der Waals surface area contributed by atoms with Gasteiger partial charge in [0.1, 0.15) is 5.82 Å². The highest BCUT2D eigenvalue weighted by Crippen LogP contribution is 2.30. The second kappa shape index (κ2) is 5.11. The Hall–Kier alpha value is -1.34. The fourth-order valence-corrected chi connectivity index (χ4v) is 2.21. The summed E-state index contributed by atoms with van der Waals surface area (Å²) >= 11 is 6.46. The van der Waals surface area contributed by atoms with E-state index in [9.17, 15) is 4.39 Å². The first-order chi connectivity index (χ1) is 8.49. The molecule has 2 rings (SSSR count). The summed E-state index contributed by atoms with van der Waals surface area (Å²) in [6, 6.07) is 11.2. The van der Waals surface area contributed by atoms with Crippen molar-refractivity contribution in [2.45, 2.75) is 26.1 Å². The molecule has 0 spiro atoms. The molecule has 0 radical (unpaired) electrons. The highest BCUT2D eigenvalue weighted by atomic mass is 35.5. The molecule has 0 bridgehead atoms. The van der Waals surface area contributed by atoms with Crippen molar-refractivity contribution in [2.75, 3.05) is 0 Å². The minimum absolute atomic E-state index is 0.192. The largest absolute Gasteiger partial charge is 0.207 e. The van der Waals surface area contributed by atoms with Gasteiger partial charge in [0, 0.05) is 0 Å². The third-order valence-electron chi connectivity index (χ3n) is 3.30. The monoisotopic (exact) mass is 262 g/mol. The molecule has 0 fully saturated rings. The van der Waals surface area contributed by atoms with E-state index in [2.05, 4.69) is 26.0 Å². The normalized spacial score (nSPS) is 12.5. The first-order valence-corrected chi connectivity index (χ1v) is 6.40. The third kappa shape index (κ3) is 2.56. The van der Waals surface area contributed by atoms with Crippen molar-refractivity contribution < 1.29 is 4.39 Å². The maximum Gasteiger partial charge on any atom is 0.126 e. The van der Waals surface area contributed by atoms with E-state index in [0.717, 1.165) is 11.1 Å². The first-order valence-electron chi connectivity index (χ1n) is 5.96. The van der Waals surface area contributed by atoms with E-state index >= 15 is 0 Å². The van der Waals surface area contributed by atoms with Crippen LogP contribution in [0.25, 0.3) is 0 Å². The van der Waals surface area contributed by atoms with E-state index in [1.54, 1.807) is 13.0 Å². The minimum atomic E-state index is -0.233. The van der Waals surface area contributed by atoms with Crippen LogP contribution in [0.15, 0.2) is 36.4 Å². The fraction of sp³-hybridized carbons (Fsp3) is 0.250. The Kier molecular flexibility index (Phi) is 3.72. The van der Waals surface area contributed by atoms with Crippen LogP contribution in [0.5, 0.6) is 0 Å². The number of rotatable bonds is 2. The molecule has 2 aromatic carbocycles. The topological polar surface area (TPSA) is 0 Å². The number of hydrogen-bond donors (Lipinski definition) is 0. The van der Waals surface area contributed by atoms with Gasteiger partial charge < -0.3 is 0 Å². The number of benzene rings is 2. The van der Waals surface area contributed by atoms with Crippen molar-refractivity contribution >= 4 is 11.6 Å². The molecule has 0 heterocycles. The average Bonchev–Trinajstić information content (AvgIpc) is 2.35. The molecule has 0 saturated heterocycles. The fourth-order valence-electron chi connectivity index (χ4n) is 1.94. The predicted molar refractivity (Wildman–Crippen MR) is 74.7 cm³/mol. The molecule has 18 heavy (non-hydrogen) atoms. The van der Waals surface area contributed by atoms with Crippen LogP contribution in [0.4, 0.5) is 4.39 Å². The highest BCUT2D eigenvalue weighted by molar-refractivity contribution is 6.22. The zero-order chi connectivity index (χ0) is 13.3. The number of hydrogen-bond acceptors (Lipinski definition) is 0. The molecule has 0 nitrogen and oxygen atoms in total. The molecule has 0 aliphatic rings. The second-order valence-electron chi connectivity index (χ2n) is 4.71. The van der Waals surface area contributed by atoms with Gasteiger partial charge in [-0.2, -0.15) is 0 Å². The minimum Gasteiger partial charge on any atom is -0.207 e. The standard InChI is InChI=1S/C16H16ClF/c1-10-4-5-13(8-11(10)2)16(17)14-6-7-15(18)12(3)9-14/h4-9,16H,1-3H3. The molecule has 0 N–H and O–H groups in total. The van der Waals surface area contributed by atoms with Crippen LogP contribution in [-0.2, 0) is 0 Å². The molecule has 1 atom stereocenters. The molecule has 0 saturated carbocycles. The Morgan fingerprint density at radius 2 is 1.39 bits per heavy atom. The van der Waals surface area contributed by atoms with Crippen molar-refractivity contribution in [3.05, 3.63) is 70.0 Å². The Bertz CT molecular complexity index is 524. The lowest BCUT2D eigenvalue weighted by Crippen LogP contribution is -1.96. The summed E-state index contributed by atoms with van der Waals surface area (Å²) in [7, 11) is 0. The van der Waals surface area contributed by atoms with Gasteiger partial charge >= 0.3 is 0 Å². The van der Waals surface area contributed by atoms with E-state index in [1.165, 1.54) is 17.2 Å². The Morgan fingerprint density at radius 3 is 1.94 bits per heavy atom. The molecule has 94 valence electrons. The average molecular weight is 263 g/mol. The van der Waals surface area contributed by atoms with Crippen molar-refractivity contribution in [3.8, 4) is 0 Å². The zero-order valence-corrected chi connectivity index (χ0v) is 11.6. The van der Waals surface area contributed by atoms with Gasteiger partial charge in [0.2, 0.25) is 0 Å². The summed E-state index contributed by atoms with van der Waals surface area (Å²) in [6.07, 6.45) is 0. The molecule has 0 amide bonds. The quantitative estimate of drug-likeness (QED) is 0.662. The smallest absolute Gasteiger partial charge is 0.126 e. The number of aryl methyl sites for hydroxylation is 3. The van der Waals surface area contributed by atoms with Crippen molar-refractivity contribution in [1.82, 2.24) is 0 Å². The van der Waals surface area contributed by atoms with Gasteiger partial charge in [0.15, 0.2) is 0 Å². The molecule has 2 heteroatoms. The van der Waals surface area contributed by atoms with Crippen LogP contribution in [0.1, 0.15) is 33.2 Å². The summed E-state index contributed by atoms with van der Waals surface area (Å²) in [5, 5.41) is -0.233. The van der Waals surface area contributed by atoms with Crippen LogP contribution in [0, 0.1) is 26.6 Å². The van der Waals surface area contributed by atoms with Gasteiger partial charge in [-0.15, -0.1) is 11.6 Å². The lowest BCUT2D eigenvalue weighted by atomic mass is 9.99. The lowest BCUT2D eigenvalue weighted by Gasteiger charge is -2.13. The Morgan fingerprint density at radius 1 is 0.833 bits per heavy atom. The molecular formula is C16H16ClF. The summed E-state index contributed by atoms with van der Waals surface area (Å²) in [4.78, 5) is 0. The van der Waals surface area contributed by atoms with Crippen LogP contribution >= 0.6 is 11.6 Å². The zero-order valence-electron chi connectivity index (χ0n) is 10.8. The molecule has 2 aromatic rings. The van der Waals surface area contributed by atoms with Gasteiger partial charge in [-0.25, -0.2) is 4.39 Å². The second-order valence-corrected chi connectivity index (χ2v) is 5.15. The predicted octanol–water partition coefficient (Wildman–Crippen LogP) is 5.08. The van der Waals surface area contributed by atoms with Gasteiger partial charge in [0.25, 0.3) is 0 Å². The third-order valence-corrected chi connectivity index (χ3v) is 3.80. The van der Waals surface area contributed by atoms with Gasteiger partial charge in [-0.3, -0.25) is 0 Å². The van der Waals surface area contributed by atoms with Crippen LogP contribution in [0.2, 0.25) is 0 Å². The van der Waals surface area contributed by atoms with Crippen molar-refractivity contribution in [1.29, 1.82) is 0 Å². The Balaban J connectivity index is 2.37. The molecule has 1 unspecified atom stereocenters. The molecule has 0 aliphatic carbocycles. The SMILES string of the molecule is Cc1ccc(C(Cl)c2ccc(F)c(C)c2)cc1C. The highest BCUT2D eigenvalue weighted by Gasteiger charge is 2.12. The van der Waals surface area contributed by atoms with E-state index in [1.807, 2.05) is 12.1 Å². The van der Waals surface area contributed by atoms with E-state index < -0.39 is 0 Å². The van der Waals surface area contributed by atoms with Gasteiger partial charge in [-0.05, 0) is 54.7 Å². The number of alkyl halides is 1. The van der Waals surface area contributed by atoms with Crippen molar-refractivity contribution in [3.63, 3.8) is 0 Å². The van der Waals surface area contributed by atoms with Gasteiger partial charge in [0.05, 0.1) is 5.38 Å².